The van der Waals surface area contributed by atoms with Crippen molar-refractivity contribution in [2.24, 2.45) is 10.7 Å². The molecule has 0 spiro atoms. The van der Waals surface area contributed by atoms with E-state index in [2.05, 4.69) is 4.99 Å². The van der Waals surface area contributed by atoms with E-state index in [0.717, 1.165) is 5.70 Å². The molecule has 0 saturated heterocycles. The standard InChI is InChI=1S/C10H17N3O2/c1-7-6-13(8(11)5-12-7)9(14)15-10(2,3)4/h5-6,8H,11H2,1-4H3. The molecule has 1 rings (SSSR count). The third kappa shape index (κ3) is 3.36. The Morgan fingerprint density at radius 2 is 2.20 bits per heavy atom. The molecule has 1 aliphatic heterocycles. The Labute approximate surface area is 89.6 Å². The highest BCUT2D eigenvalue weighted by molar-refractivity contribution is 5.78. The van der Waals surface area contributed by atoms with E-state index >= 15 is 0 Å². The molecule has 1 heterocycles. The van der Waals surface area contributed by atoms with Crippen molar-refractivity contribution in [3.63, 3.8) is 0 Å². The van der Waals surface area contributed by atoms with Crippen molar-refractivity contribution in [3.05, 3.63) is 11.9 Å². The number of hydrogen-bond acceptors (Lipinski definition) is 4. The second-order valence-corrected chi connectivity index (χ2v) is 4.43. The lowest BCUT2D eigenvalue weighted by Gasteiger charge is -2.29. The van der Waals surface area contributed by atoms with Crippen molar-refractivity contribution in [2.45, 2.75) is 39.5 Å². The molecule has 1 unspecified atom stereocenters. The lowest BCUT2D eigenvalue weighted by molar-refractivity contribution is 0.0309. The molecule has 84 valence electrons. The summed E-state index contributed by atoms with van der Waals surface area (Å²) in [4.78, 5) is 17.0. The summed E-state index contributed by atoms with van der Waals surface area (Å²) >= 11 is 0. The number of amides is 1. The highest BCUT2D eigenvalue weighted by Crippen LogP contribution is 2.14. The first-order chi connectivity index (χ1) is 6.79. The number of carbonyl (C=O) groups excluding carboxylic acids is 1. The van der Waals surface area contributed by atoms with Gasteiger partial charge in [-0.15, -0.1) is 0 Å². The zero-order chi connectivity index (χ0) is 11.6. The predicted octanol–water partition coefficient (Wildman–Crippen LogP) is 1.45. The third-order valence-electron chi connectivity index (χ3n) is 1.68. The molecule has 0 bridgehead atoms. The summed E-state index contributed by atoms with van der Waals surface area (Å²) in [5, 5.41) is 0. The van der Waals surface area contributed by atoms with E-state index in [1.165, 1.54) is 11.1 Å². The summed E-state index contributed by atoms with van der Waals surface area (Å²) in [6.07, 6.45) is 2.09. The molecule has 2 N–H and O–H groups in total. The van der Waals surface area contributed by atoms with Gasteiger partial charge in [0.05, 0.1) is 5.70 Å². The second-order valence-electron chi connectivity index (χ2n) is 4.43. The summed E-state index contributed by atoms with van der Waals surface area (Å²) in [6, 6.07) is 0. The minimum absolute atomic E-state index is 0.458. The molecule has 15 heavy (non-hydrogen) atoms. The van der Waals surface area contributed by atoms with Gasteiger partial charge in [0.1, 0.15) is 11.8 Å². The molecule has 1 atom stereocenters. The Morgan fingerprint density at radius 3 is 2.73 bits per heavy atom. The van der Waals surface area contributed by atoms with E-state index in [1.807, 2.05) is 20.8 Å². The normalized spacial score (nSPS) is 21.3. The van der Waals surface area contributed by atoms with Crippen molar-refractivity contribution in [1.82, 2.24) is 4.90 Å². The fourth-order valence-electron chi connectivity index (χ4n) is 1.08. The molecule has 5 heteroatoms. The lowest BCUT2D eigenvalue weighted by Crippen LogP contribution is -2.47. The lowest BCUT2D eigenvalue weighted by atomic mass is 10.2. The zero-order valence-electron chi connectivity index (χ0n) is 9.52. The topological polar surface area (TPSA) is 67.9 Å². The SMILES string of the molecule is CC1=CN(C(=O)OC(C)(C)C)C(N)C=N1. The molecular weight excluding hydrogens is 194 g/mol. The minimum Gasteiger partial charge on any atom is -0.443 e. The van der Waals surface area contributed by atoms with Crippen LogP contribution in [0.1, 0.15) is 27.7 Å². The van der Waals surface area contributed by atoms with Crippen LogP contribution in [0.15, 0.2) is 16.9 Å². The number of nitrogens with two attached hydrogens (primary N) is 1. The molecule has 0 aliphatic carbocycles. The molecule has 1 aliphatic rings. The van der Waals surface area contributed by atoms with Crippen LogP contribution in [0.25, 0.3) is 0 Å². The van der Waals surface area contributed by atoms with E-state index in [4.69, 9.17) is 10.5 Å². The van der Waals surface area contributed by atoms with Crippen LogP contribution in [0.3, 0.4) is 0 Å². The van der Waals surface area contributed by atoms with Gasteiger partial charge in [-0.3, -0.25) is 9.89 Å². The maximum Gasteiger partial charge on any atom is 0.416 e. The van der Waals surface area contributed by atoms with Crippen LogP contribution in [0.4, 0.5) is 4.79 Å². The van der Waals surface area contributed by atoms with Gasteiger partial charge in [0.15, 0.2) is 0 Å². The number of nitrogens with zero attached hydrogens (tertiary/aromatic N) is 2. The molecule has 0 saturated carbocycles. The fourth-order valence-corrected chi connectivity index (χ4v) is 1.08. The van der Waals surface area contributed by atoms with Gasteiger partial charge in [-0.2, -0.15) is 0 Å². The average molecular weight is 211 g/mol. The van der Waals surface area contributed by atoms with Crippen molar-refractivity contribution < 1.29 is 9.53 Å². The Bertz CT molecular complexity index is 315. The van der Waals surface area contributed by atoms with Crippen LogP contribution in [0.2, 0.25) is 0 Å². The van der Waals surface area contributed by atoms with Gasteiger partial charge < -0.3 is 10.5 Å². The van der Waals surface area contributed by atoms with Crippen molar-refractivity contribution >= 4 is 12.3 Å². The van der Waals surface area contributed by atoms with E-state index in [-0.39, 0.29) is 0 Å². The number of allylic oxidation sites excluding steroid dienone is 1. The summed E-state index contributed by atoms with van der Waals surface area (Å²) in [5.74, 6) is 0. The number of rotatable bonds is 0. The molecule has 1 amide bonds. The Kier molecular flexibility index (Phi) is 3.14. The van der Waals surface area contributed by atoms with Gasteiger partial charge in [0.2, 0.25) is 0 Å². The van der Waals surface area contributed by atoms with Crippen LogP contribution in [-0.4, -0.2) is 29.0 Å². The molecule has 0 aromatic rings. The third-order valence-corrected chi connectivity index (χ3v) is 1.68. The molecule has 0 radical (unpaired) electrons. The van der Waals surface area contributed by atoms with E-state index in [0.29, 0.717) is 0 Å². The Hall–Kier alpha value is -1.36. The van der Waals surface area contributed by atoms with E-state index in [9.17, 15) is 4.79 Å². The van der Waals surface area contributed by atoms with Gasteiger partial charge in [-0.25, -0.2) is 4.79 Å². The highest BCUT2D eigenvalue weighted by atomic mass is 16.6. The van der Waals surface area contributed by atoms with E-state index in [1.54, 1.807) is 13.1 Å². The quantitative estimate of drug-likeness (QED) is 0.659. The van der Waals surface area contributed by atoms with Gasteiger partial charge in [-0.1, -0.05) is 0 Å². The first kappa shape index (κ1) is 11.7. The summed E-state index contributed by atoms with van der Waals surface area (Å²) in [5.41, 5.74) is 5.90. The average Bonchev–Trinajstić information content (AvgIpc) is 2.06. The smallest absolute Gasteiger partial charge is 0.416 e. The predicted molar refractivity (Wildman–Crippen MR) is 58.3 cm³/mol. The van der Waals surface area contributed by atoms with Gasteiger partial charge in [0.25, 0.3) is 0 Å². The molecule has 5 nitrogen and oxygen atoms in total. The number of ether oxygens (including phenoxy) is 1. The van der Waals surface area contributed by atoms with Crippen molar-refractivity contribution in [2.75, 3.05) is 0 Å². The van der Waals surface area contributed by atoms with Crippen LogP contribution in [0.5, 0.6) is 0 Å². The van der Waals surface area contributed by atoms with Crippen molar-refractivity contribution in [1.29, 1.82) is 0 Å². The number of carbonyl (C=O) groups is 1. The van der Waals surface area contributed by atoms with Crippen molar-refractivity contribution in [3.8, 4) is 0 Å². The highest BCUT2D eigenvalue weighted by Gasteiger charge is 2.25. The zero-order valence-corrected chi connectivity index (χ0v) is 9.52. The van der Waals surface area contributed by atoms with Crippen LogP contribution in [0, 0.1) is 0 Å². The summed E-state index contributed by atoms with van der Waals surface area (Å²) < 4.78 is 5.20. The van der Waals surface area contributed by atoms with Crippen LogP contribution in [-0.2, 0) is 4.74 Å². The minimum atomic E-state index is -0.552. The van der Waals surface area contributed by atoms with Crippen LogP contribution < -0.4 is 5.73 Å². The molecular formula is C10H17N3O2. The fraction of sp³-hybridized carbons (Fsp3) is 0.600. The van der Waals surface area contributed by atoms with Gasteiger partial charge in [-0.05, 0) is 27.7 Å². The molecule has 0 fully saturated rings. The number of hydrogen-bond donors (Lipinski definition) is 1. The maximum atomic E-state index is 11.7. The monoisotopic (exact) mass is 211 g/mol. The van der Waals surface area contributed by atoms with Crippen LogP contribution >= 0.6 is 0 Å². The largest absolute Gasteiger partial charge is 0.443 e. The Morgan fingerprint density at radius 1 is 1.60 bits per heavy atom. The van der Waals surface area contributed by atoms with E-state index < -0.39 is 17.9 Å². The first-order valence-corrected chi connectivity index (χ1v) is 4.79. The van der Waals surface area contributed by atoms with Gasteiger partial charge in [0, 0.05) is 12.4 Å². The molecule has 0 aromatic heterocycles. The first-order valence-electron chi connectivity index (χ1n) is 4.79. The number of aliphatic imine (C=N–C) groups is 1. The maximum absolute atomic E-state index is 11.7. The van der Waals surface area contributed by atoms with Gasteiger partial charge >= 0.3 is 6.09 Å². The second kappa shape index (κ2) is 4.02. The molecule has 0 aromatic carbocycles. The Balaban J connectivity index is 2.72. The summed E-state index contributed by atoms with van der Waals surface area (Å²) in [6.45, 7) is 7.22. The summed E-state index contributed by atoms with van der Waals surface area (Å²) in [7, 11) is 0.